The number of ether oxygens (including phenoxy) is 3. The van der Waals surface area contributed by atoms with E-state index < -0.39 is 40.5 Å². The molecule has 1 aliphatic carbocycles. The zero-order valence-corrected chi connectivity index (χ0v) is 28.8. The summed E-state index contributed by atoms with van der Waals surface area (Å²) in [6.45, 7) is 7.47. The predicted octanol–water partition coefficient (Wildman–Crippen LogP) is 6.13. The number of Topliss-reactive ketones (excluding diaryl/α,β-unsaturated/α-hetero) is 1. The molecule has 1 aromatic heterocycles. The van der Waals surface area contributed by atoms with Crippen molar-refractivity contribution in [2.75, 3.05) is 13.7 Å². The van der Waals surface area contributed by atoms with E-state index in [9.17, 15) is 24.3 Å². The number of carbonyl (C=O) groups is 4. The molecule has 258 valence electrons. The van der Waals surface area contributed by atoms with Gasteiger partial charge in [0.1, 0.15) is 22.7 Å². The minimum Gasteiger partial charge on any atom is -0.497 e. The van der Waals surface area contributed by atoms with Gasteiger partial charge < -0.3 is 24.2 Å². The quantitative estimate of drug-likeness (QED) is 0.304. The lowest BCUT2D eigenvalue weighted by atomic mass is 9.85. The molecule has 10 nitrogen and oxygen atoms in total. The van der Waals surface area contributed by atoms with Crippen molar-refractivity contribution < 1.29 is 38.5 Å². The van der Waals surface area contributed by atoms with Gasteiger partial charge in [-0.3, -0.25) is 19.2 Å². The highest BCUT2D eigenvalue weighted by Gasteiger charge is 2.62. The molecule has 1 amide bonds. The number of allylic oxidation sites excluding steroid dienone is 2. The van der Waals surface area contributed by atoms with Crippen LogP contribution in [0.25, 0.3) is 10.9 Å². The van der Waals surface area contributed by atoms with E-state index in [1.165, 1.54) is 0 Å². The number of aryl methyl sites for hydroxylation is 2. The van der Waals surface area contributed by atoms with Crippen LogP contribution >= 0.6 is 0 Å². The number of rotatable bonds is 4. The van der Waals surface area contributed by atoms with Crippen LogP contribution < -0.4 is 9.47 Å². The van der Waals surface area contributed by atoms with E-state index in [1.807, 2.05) is 37.3 Å². The Balaban J connectivity index is 1.35. The Morgan fingerprint density at radius 3 is 2.67 bits per heavy atom. The number of carboxylic acid groups (broad SMARTS) is 1. The molecule has 6 rings (SSSR count). The largest absolute Gasteiger partial charge is 0.497 e. The van der Waals surface area contributed by atoms with Crippen LogP contribution in [-0.4, -0.2) is 69.5 Å². The first-order valence-corrected chi connectivity index (χ1v) is 17.4. The molecule has 1 N–H and O–H groups in total. The summed E-state index contributed by atoms with van der Waals surface area (Å²) in [6.07, 6.45) is 9.44. The van der Waals surface area contributed by atoms with Crippen molar-refractivity contribution in [2.45, 2.75) is 116 Å². The number of hydrogen-bond donors (Lipinski definition) is 1. The van der Waals surface area contributed by atoms with Gasteiger partial charge >= 0.3 is 11.9 Å². The first-order chi connectivity index (χ1) is 22.7. The van der Waals surface area contributed by atoms with Gasteiger partial charge in [0.05, 0.1) is 42.7 Å². The molecule has 4 heterocycles. The third-order valence-corrected chi connectivity index (χ3v) is 10.6. The minimum atomic E-state index is -1.16. The Morgan fingerprint density at radius 2 is 1.94 bits per heavy atom. The number of carbonyl (C=O) groups excluding carboxylic acids is 3. The smallest absolute Gasteiger partial charge is 0.310 e. The summed E-state index contributed by atoms with van der Waals surface area (Å²) in [4.78, 5) is 60.9. The highest BCUT2D eigenvalue weighted by atomic mass is 16.6. The second-order valence-corrected chi connectivity index (χ2v) is 15.3. The highest BCUT2D eigenvalue weighted by Crippen LogP contribution is 2.57. The van der Waals surface area contributed by atoms with Gasteiger partial charge in [-0.1, -0.05) is 25.0 Å². The Hall–Kier alpha value is -3.95. The lowest BCUT2D eigenvalue weighted by molar-refractivity contribution is -0.159. The number of ketones is 1. The van der Waals surface area contributed by atoms with Crippen molar-refractivity contribution in [1.82, 2.24) is 9.88 Å². The Kier molecular flexibility index (Phi) is 9.06. The van der Waals surface area contributed by atoms with Gasteiger partial charge in [0.25, 0.3) is 0 Å². The molecule has 2 aromatic rings. The topological polar surface area (TPSA) is 132 Å². The molecule has 48 heavy (non-hydrogen) atoms. The van der Waals surface area contributed by atoms with Crippen molar-refractivity contribution in [1.29, 1.82) is 0 Å². The van der Waals surface area contributed by atoms with Crippen molar-refractivity contribution in [3.05, 3.63) is 41.6 Å². The average Bonchev–Trinajstić information content (AvgIpc) is 3.60. The Labute approximate surface area is 282 Å². The lowest BCUT2D eigenvalue weighted by Crippen LogP contribution is -2.47. The minimum absolute atomic E-state index is 0.0813. The molecule has 1 saturated carbocycles. The van der Waals surface area contributed by atoms with E-state index in [-0.39, 0.29) is 43.4 Å². The molecule has 5 atom stereocenters. The zero-order chi connectivity index (χ0) is 34.4. The van der Waals surface area contributed by atoms with Crippen LogP contribution in [0.3, 0.4) is 0 Å². The summed E-state index contributed by atoms with van der Waals surface area (Å²) in [5.41, 5.74) is -0.130. The molecule has 0 radical (unpaired) electrons. The van der Waals surface area contributed by atoms with Crippen LogP contribution in [0.4, 0.5) is 0 Å². The zero-order valence-electron chi connectivity index (χ0n) is 28.8. The summed E-state index contributed by atoms with van der Waals surface area (Å²) in [5, 5.41) is 11.2. The molecule has 2 fully saturated rings. The Bertz CT molecular complexity index is 1660. The normalized spacial score (nSPS) is 29.9. The van der Waals surface area contributed by atoms with Gasteiger partial charge in [0.2, 0.25) is 5.91 Å². The van der Waals surface area contributed by atoms with Crippen molar-refractivity contribution >= 4 is 34.5 Å². The number of amides is 1. The summed E-state index contributed by atoms with van der Waals surface area (Å²) >= 11 is 0. The fourth-order valence-corrected chi connectivity index (χ4v) is 8.04. The fourth-order valence-electron chi connectivity index (χ4n) is 8.04. The van der Waals surface area contributed by atoms with Crippen LogP contribution in [-0.2, 0) is 30.3 Å². The lowest BCUT2D eigenvalue weighted by Gasteiger charge is -2.36. The van der Waals surface area contributed by atoms with Crippen molar-refractivity contribution in [2.24, 2.45) is 17.3 Å². The van der Waals surface area contributed by atoms with Gasteiger partial charge in [-0.25, -0.2) is 4.98 Å². The standard InChI is InChI=1S/C38H48N2O8/c1-23-33-27(28-18-26(46-5)13-14-29(28)39-23)15-16-37(48-33)20-30-31(41)21-38(35(44)45)19-25(38)12-10-8-6-7-9-11-24(34(43)40(30)22-37)17-32(42)47-36(2,3)4/h10,12-14,18,24-25,30H,6-9,11,15-17,19-22H2,1-5H3,(H,44,45)/b12-10-/t24-,25-,30+,37-,38-/m1/s1. The summed E-state index contributed by atoms with van der Waals surface area (Å²) < 4.78 is 18.0. The molecule has 10 heteroatoms. The third-order valence-electron chi connectivity index (χ3n) is 10.6. The highest BCUT2D eigenvalue weighted by molar-refractivity contribution is 5.95. The molecule has 1 aromatic carbocycles. The van der Waals surface area contributed by atoms with E-state index in [4.69, 9.17) is 19.2 Å². The van der Waals surface area contributed by atoms with Gasteiger partial charge in [0, 0.05) is 29.7 Å². The van der Waals surface area contributed by atoms with Gasteiger partial charge in [-0.05, 0) is 90.3 Å². The molecular weight excluding hydrogens is 612 g/mol. The number of fused-ring (bicyclic) bond motifs is 5. The monoisotopic (exact) mass is 660 g/mol. The molecule has 1 spiro atoms. The maximum absolute atomic E-state index is 14.6. The van der Waals surface area contributed by atoms with E-state index >= 15 is 0 Å². The van der Waals surface area contributed by atoms with E-state index in [1.54, 1.807) is 32.8 Å². The van der Waals surface area contributed by atoms with E-state index in [0.29, 0.717) is 31.4 Å². The maximum atomic E-state index is 14.6. The number of methoxy groups -OCH3 is 1. The van der Waals surface area contributed by atoms with Crippen LogP contribution in [0.15, 0.2) is 30.4 Å². The third kappa shape index (κ3) is 6.67. The van der Waals surface area contributed by atoms with Crippen molar-refractivity contribution in [3.8, 4) is 11.5 Å². The SMILES string of the molecule is COc1ccc2nc(C)c3c(c2c1)CC[C@]1(C[C@H]2C(=O)C[C@]4(C(=O)O)C[C@H]4/C=C\CCCCC[C@H](CC(=O)OC(C)(C)C)C(=O)N2C1)O3. The molecule has 4 aliphatic rings. The summed E-state index contributed by atoms with van der Waals surface area (Å²) in [5.74, 6) is -1.46. The van der Waals surface area contributed by atoms with Gasteiger partial charge in [-0.2, -0.15) is 0 Å². The Morgan fingerprint density at radius 1 is 1.15 bits per heavy atom. The molecule has 3 aliphatic heterocycles. The molecule has 0 bridgehead atoms. The van der Waals surface area contributed by atoms with E-state index in [0.717, 1.165) is 53.6 Å². The molecule has 0 unspecified atom stereocenters. The summed E-state index contributed by atoms with van der Waals surface area (Å²) in [6, 6.07) is 4.91. The molecule has 1 saturated heterocycles. The predicted molar refractivity (Wildman–Crippen MR) is 179 cm³/mol. The van der Waals surface area contributed by atoms with E-state index in [2.05, 4.69) is 0 Å². The number of aliphatic carboxylic acids is 1. The number of aromatic nitrogens is 1. The van der Waals surface area contributed by atoms with Gasteiger partial charge in [-0.15, -0.1) is 0 Å². The number of nitrogens with zero attached hydrogens (tertiary/aromatic N) is 2. The van der Waals surface area contributed by atoms with Crippen LogP contribution in [0, 0.1) is 24.2 Å². The van der Waals surface area contributed by atoms with Crippen molar-refractivity contribution in [3.63, 3.8) is 0 Å². The maximum Gasteiger partial charge on any atom is 0.310 e. The number of esters is 1. The summed E-state index contributed by atoms with van der Waals surface area (Å²) in [7, 11) is 1.62. The first kappa shape index (κ1) is 33.9. The van der Waals surface area contributed by atoms with Crippen LogP contribution in [0.5, 0.6) is 11.5 Å². The van der Waals surface area contributed by atoms with Crippen LogP contribution in [0.2, 0.25) is 0 Å². The average molecular weight is 661 g/mol. The van der Waals surface area contributed by atoms with Gasteiger partial charge in [0.15, 0.2) is 5.78 Å². The number of carboxylic acids is 1. The second-order valence-electron chi connectivity index (χ2n) is 15.3. The number of pyridine rings is 1. The number of benzene rings is 1. The van der Waals surface area contributed by atoms with Crippen LogP contribution in [0.1, 0.15) is 96.2 Å². The second kappa shape index (κ2) is 12.8. The first-order valence-electron chi connectivity index (χ1n) is 17.4. The molecular formula is C38H48N2O8. The fraction of sp³-hybridized carbons (Fsp3) is 0.605. The number of hydrogen-bond acceptors (Lipinski definition) is 8.